The molecule has 5 rings (SSSR count). The van der Waals surface area contributed by atoms with Crippen molar-refractivity contribution < 1.29 is 34.0 Å². The van der Waals surface area contributed by atoms with Crippen molar-refractivity contribution in [1.82, 2.24) is 4.90 Å². The minimum absolute atomic E-state index is 0.0413. The number of nitrogens with zero attached hydrogens (tertiary/aromatic N) is 1. The molecule has 8 heteroatoms. The van der Waals surface area contributed by atoms with Gasteiger partial charge >= 0.3 is 0 Å². The van der Waals surface area contributed by atoms with E-state index in [1.807, 2.05) is 24.0 Å². The van der Waals surface area contributed by atoms with Crippen LogP contribution >= 0.6 is 0 Å². The van der Waals surface area contributed by atoms with Gasteiger partial charge in [-0.25, -0.2) is 8.78 Å². The van der Waals surface area contributed by atoms with Gasteiger partial charge in [0.1, 0.15) is 0 Å². The molecule has 1 fully saturated rings. The fourth-order valence-electron chi connectivity index (χ4n) is 7.27. The van der Waals surface area contributed by atoms with E-state index < -0.39 is 40.6 Å². The maximum Gasteiger partial charge on any atom is 0.193 e. The molecule has 5 unspecified atom stereocenters. The molecule has 5 atom stereocenters. The smallest absolute Gasteiger partial charge is 0.193 e. The minimum atomic E-state index is -1.15. The molecule has 236 valence electrons. The Morgan fingerprint density at radius 3 is 2.58 bits per heavy atom. The number of fused-ring (bicyclic) bond motifs is 8. The van der Waals surface area contributed by atoms with Crippen molar-refractivity contribution in [1.29, 1.82) is 0 Å². The molecule has 0 aliphatic heterocycles. The Morgan fingerprint density at radius 1 is 1.12 bits per heavy atom. The quantitative estimate of drug-likeness (QED) is 0.231. The summed E-state index contributed by atoms with van der Waals surface area (Å²) < 4.78 is 28.0. The number of hydrogen-bond donors (Lipinski definition) is 4. The number of halogens is 2. The summed E-state index contributed by atoms with van der Waals surface area (Å²) in [5.74, 6) is -2.76. The topological polar surface area (TPSA) is 101 Å². The fraction of sp³-hybridized carbons (Fsp3) is 0.571. The van der Waals surface area contributed by atoms with Crippen LogP contribution in [-0.4, -0.2) is 75.2 Å². The minimum Gasteiger partial charge on any atom is -0.394 e. The molecule has 6 nitrogen and oxygen atoms in total. The van der Waals surface area contributed by atoms with Crippen molar-refractivity contribution in [3.63, 3.8) is 0 Å². The molecule has 0 saturated heterocycles. The van der Waals surface area contributed by atoms with E-state index in [1.165, 1.54) is 11.6 Å². The van der Waals surface area contributed by atoms with E-state index in [0.29, 0.717) is 57.2 Å². The first-order valence-electron chi connectivity index (χ1n) is 15.6. The highest BCUT2D eigenvalue weighted by atomic mass is 19.2. The number of carbonyl (C=O) groups excluding carboxylic acids is 1. The molecule has 0 spiro atoms. The number of rotatable bonds is 9. The highest BCUT2D eigenvalue weighted by Crippen LogP contribution is 2.58. The number of aliphatic hydroxyl groups is 4. The van der Waals surface area contributed by atoms with Gasteiger partial charge in [-0.3, -0.25) is 9.69 Å². The van der Waals surface area contributed by atoms with E-state index >= 15 is 0 Å². The van der Waals surface area contributed by atoms with E-state index in [-0.39, 0.29) is 24.6 Å². The van der Waals surface area contributed by atoms with Crippen LogP contribution in [0, 0.1) is 17.0 Å². The van der Waals surface area contributed by atoms with E-state index in [0.717, 1.165) is 36.1 Å². The highest BCUT2D eigenvalue weighted by molar-refractivity contribution is 6.10. The summed E-state index contributed by atoms with van der Waals surface area (Å²) >= 11 is 0. The van der Waals surface area contributed by atoms with Crippen molar-refractivity contribution in [2.75, 3.05) is 26.2 Å². The Hall–Kier alpha value is -2.49. The van der Waals surface area contributed by atoms with Crippen LogP contribution in [-0.2, 0) is 6.42 Å². The summed E-state index contributed by atoms with van der Waals surface area (Å²) in [5, 5.41) is 43.0. The zero-order chi connectivity index (χ0) is 31.4. The van der Waals surface area contributed by atoms with Crippen molar-refractivity contribution in [3.05, 3.63) is 81.9 Å². The lowest BCUT2D eigenvalue weighted by molar-refractivity contribution is -0.0891. The Balaban J connectivity index is 1.83. The molecule has 3 aliphatic carbocycles. The zero-order valence-corrected chi connectivity index (χ0v) is 25.7. The van der Waals surface area contributed by atoms with Crippen LogP contribution < -0.4 is 0 Å². The second-order valence-corrected chi connectivity index (χ2v) is 13.0. The van der Waals surface area contributed by atoms with Crippen molar-refractivity contribution in [2.45, 2.75) is 95.9 Å². The lowest BCUT2D eigenvalue weighted by Gasteiger charge is -2.46. The average molecular weight is 600 g/mol. The third-order valence-corrected chi connectivity index (χ3v) is 9.80. The summed E-state index contributed by atoms with van der Waals surface area (Å²) in [4.78, 5) is 16.0. The first kappa shape index (κ1) is 33.4. The maximum atomic E-state index is 14.2. The molecule has 2 bridgehead atoms. The lowest BCUT2D eigenvalue weighted by Crippen LogP contribution is -2.54. The third kappa shape index (κ3) is 7.43. The Bertz CT molecular complexity index is 1320. The van der Waals surface area contributed by atoms with Gasteiger partial charge in [-0.2, -0.15) is 0 Å². The van der Waals surface area contributed by atoms with Gasteiger partial charge in [-0.1, -0.05) is 37.6 Å². The molecule has 1 saturated carbocycles. The first-order valence-corrected chi connectivity index (χ1v) is 15.6. The predicted octanol–water partition coefficient (Wildman–Crippen LogP) is 5.30. The van der Waals surface area contributed by atoms with Crippen LogP contribution in [0.3, 0.4) is 0 Å². The molecule has 0 amide bonds. The number of hydrogen-bond acceptors (Lipinski definition) is 6. The molecule has 3 aliphatic rings. The fourth-order valence-corrected chi connectivity index (χ4v) is 7.27. The molecule has 2 aromatic carbocycles. The number of carbonyl (C=O) groups is 1. The van der Waals surface area contributed by atoms with Crippen LogP contribution in [0.1, 0.15) is 98.7 Å². The number of allylic oxidation sites excluding steroid dienone is 2. The highest BCUT2D eigenvalue weighted by Gasteiger charge is 2.57. The monoisotopic (exact) mass is 599 g/mol. The maximum absolute atomic E-state index is 14.2. The number of ketones is 1. The van der Waals surface area contributed by atoms with E-state index in [2.05, 4.69) is 19.9 Å². The summed E-state index contributed by atoms with van der Waals surface area (Å²) in [6.07, 6.45) is 5.56. The summed E-state index contributed by atoms with van der Waals surface area (Å²) in [5.41, 5.74) is 1.30. The van der Waals surface area contributed by atoms with Gasteiger partial charge in [0.2, 0.25) is 0 Å². The molecule has 43 heavy (non-hydrogen) atoms. The Kier molecular flexibility index (Phi) is 10.9. The van der Waals surface area contributed by atoms with Gasteiger partial charge in [0.15, 0.2) is 17.4 Å². The van der Waals surface area contributed by atoms with Crippen molar-refractivity contribution in [3.8, 4) is 0 Å². The van der Waals surface area contributed by atoms with Crippen LogP contribution in [0.4, 0.5) is 8.78 Å². The molecule has 0 radical (unpaired) electrons. The number of benzene rings is 2. The molecule has 0 aromatic heterocycles. The van der Waals surface area contributed by atoms with Crippen LogP contribution in [0.5, 0.6) is 0 Å². The molecule has 4 N–H and O–H groups in total. The van der Waals surface area contributed by atoms with E-state index in [1.54, 1.807) is 6.07 Å². The van der Waals surface area contributed by atoms with E-state index in [9.17, 15) is 34.0 Å². The molecule has 2 aromatic rings. The van der Waals surface area contributed by atoms with Crippen LogP contribution in [0.15, 0.2) is 48.0 Å². The molecule has 0 heterocycles. The van der Waals surface area contributed by atoms with Gasteiger partial charge in [0.25, 0.3) is 0 Å². The van der Waals surface area contributed by atoms with Crippen LogP contribution in [0.25, 0.3) is 0 Å². The Labute approximate surface area is 254 Å². The predicted molar refractivity (Wildman–Crippen MR) is 163 cm³/mol. The summed E-state index contributed by atoms with van der Waals surface area (Å²) in [6.45, 7) is 7.01. The molecular weight excluding hydrogens is 552 g/mol. The van der Waals surface area contributed by atoms with Gasteiger partial charge in [0, 0.05) is 29.6 Å². The van der Waals surface area contributed by atoms with Crippen molar-refractivity contribution >= 4 is 5.78 Å². The summed E-state index contributed by atoms with van der Waals surface area (Å²) in [7, 11) is 0. The zero-order valence-electron chi connectivity index (χ0n) is 25.7. The molecular formula is C35H47F2NO5. The third-order valence-electron chi connectivity index (χ3n) is 9.80. The second kappa shape index (κ2) is 14.1. The van der Waals surface area contributed by atoms with Gasteiger partial charge in [-0.15, -0.1) is 0 Å². The Morgan fingerprint density at radius 2 is 1.88 bits per heavy atom. The standard InChI is InChI=1S/C35H47F2NO5/c1-4-16-38(20-27(41)21-39)22-35(43)15-13-30-28-11-8-24(17-26(40)10-7-23(2)6-5-14-34(30,35)3)18-29(28)33(42)25-9-12-31(36)32(37)19-25/h6,8-9,11-12,18-19,26-27,30,39-41,43H,4-5,7,10,13-17,20-22H2,1-3H3. The SMILES string of the molecule is CCCN(CC(O)CO)CC1(O)CCC2c3ccc(cc3C(=O)c3ccc(F)c(F)c3)CC(O)CCC(C)=CCCC21C. The normalized spacial score (nSPS) is 27.1. The second-order valence-electron chi connectivity index (χ2n) is 13.0. The van der Waals surface area contributed by atoms with E-state index in [4.69, 9.17) is 0 Å². The van der Waals surface area contributed by atoms with Gasteiger partial charge in [0.05, 0.1) is 24.4 Å². The average Bonchev–Trinajstić information content (AvgIpc) is 3.22. The first-order chi connectivity index (χ1) is 20.4. The van der Waals surface area contributed by atoms with Gasteiger partial charge in [-0.05, 0) is 106 Å². The van der Waals surface area contributed by atoms with Crippen LogP contribution in [0.2, 0.25) is 0 Å². The largest absolute Gasteiger partial charge is 0.394 e. The van der Waals surface area contributed by atoms with Gasteiger partial charge < -0.3 is 20.4 Å². The lowest BCUT2D eigenvalue weighted by atomic mass is 9.64. The van der Waals surface area contributed by atoms with Crippen molar-refractivity contribution in [2.24, 2.45) is 5.41 Å². The summed E-state index contributed by atoms with van der Waals surface area (Å²) in [6, 6.07) is 8.78. The number of aliphatic hydroxyl groups excluding tert-OH is 3.